The molecule has 0 aromatic carbocycles. The quantitative estimate of drug-likeness (QED) is 0.380. The maximum absolute atomic E-state index is 9.33. The molecular weight excluding hydrogens is 191 g/mol. The summed E-state index contributed by atoms with van der Waals surface area (Å²) in [6.07, 6.45) is 3.31. The van der Waals surface area contributed by atoms with Crippen molar-refractivity contribution in [1.82, 2.24) is 0 Å². The second kappa shape index (κ2) is 14.1. The number of hydrogen-bond acceptors (Lipinski definition) is 3. The Bertz CT molecular complexity index is 140. The fourth-order valence-electron chi connectivity index (χ4n) is 0. The first-order valence-corrected chi connectivity index (χ1v) is 5.54. The molecular formula is C7H19N2O3P. The molecule has 13 heavy (non-hydrogen) atoms. The number of hydrogen-bond donors (Lipinski definition) is 4. The van der Waals surface area contributed by atoms with E-state index in [2.05, 4.69) is 13.2 Å². The lowest BCUT2D eigenvalue weighted by Gasteiger charge is -1.84. The van der Waals surface area contributed by atoms with E-state index in [1.54, 1.807) is 12.2 Å². The van der Waals surface area contributed by atoms with E-state index in [0.29, 0.717) is 13.1 Å². The average molecular weight is 210 g/mol. The van der Waals surface area contributed by atoms with Crippen LogP contribution in [-0.2, 0) is 4.57 Å². The highest BCUT2D eigenvalue weighted by molar-refractivity contribution is 7.50. The molecule has 0 aliphatic carbocycles. The predicted octanol–water partition coefficient (Wildman–Crippen LogP) is 0.0561. The van der Waals surface area contributed by atoms with Gasteiger partial charge in [0.05, 0.1) is 0 Å². The van der Waals surface area contributed by atoms with Crippen LogP contribution in [-0.4, -0.2) is 29.5 Å². The lowest BCUT2D eigenvalue weighted by molar-refractivity contribution is 0.381. The van der Waals surface area contributed by atoms with Gasteiger partial charge in [-0.1, -0.05) is 12.2 Å². The van der Waals surface area contributed by atoms with Crippen LogP contribution in [0, 0.1) is 0 Å². The summed E-state index contributed by atoms with van der Waals surface area (Å²) in [4.78, 5) is 15.3. The van der Waals surface area contributed by atoms with Gasteiger partial charge < -0.3 is 21.3 Å². The Morgan fingerprint density at radius 2 is 1.31 bits per heavy atom. The zero-order valence-electron chi connectivity index (χ0n) is 7.89. The van der Waals surface area contributed by atoms with E-state index in [4.69, 9.17) is 21.3 Å². The molecule has 0 aromatic heterocycles. The van der Waals surface area contributed by atoms with E-state index in [1.807, 2.05) is 0 Å². The predicted molar refractivity (Wildman–Crippen MR) is 56.5 cm³/mol. The van der Waals surface area contributed by atoms with Gasteiger partial charge in [0.2, 0.25) is 0 Å². The van der Waals surface area contributed by atoms with Gasteiger partial charge in [0.15, 0.2) is 0 Å². The second-order valence-electron chi connectivity index (χ2n) is 1.88. The highest BCUT2D eigenvalue weighted by Crippen LogP contribution is 2.26. The molecule has 0 amide bonds. The fraction of sp³-hybridized carbons (Fsp3) is 0.429. The molecule has 6 N–H and O–H groups in total. The molecule has 0 bridgehead atoms. The smallest absolute Gasteiger partial charge is 0.322 e. The third-order valence-corrected chi connectivity index (χ3v) is 0.333. The van der Waals surface area contributed by atoms with Crippen molar-refractivity contribution in [2.24, 2.45) is 11.5 Å². The third-order valence-electron chi connectivity index (χ3n) is 0.333. The van der Waals surface area contributed by atoms with Crippen molar-refractivity contribution < 1.29 is 14.4 Å². The summed E-state index contributed by atoms with van der Waals surface area (Å²) in [7, 11) is -3.64. The molecule has 80 valence electrons. The third kappa shape index (κ3) is 438. The molecule has 6 heteroatoms. The Kier molecular flexibility index (Phi) is 19.9. The summed E-state index contributed by atoms with van der Waals surface area (Å²) in [5.41, 5.74) is 9.82. The lowest BCUT2D eigenvalue weighted by atomic mass is 10.7. The second-order valence-corrected chi connectivity index (χ2v) is 3.55. The first-order valence-electron chi connectivity index (χ1n) is 3.48. The van der Waals surface area contributed by atoms with Crippen LogP contribution in [0.3, 0.4) is 0 Å². The summed E-state index contributed by atoms with van der Waals surface area (Å²) < 4.78 is 9.33. The van der Waals surface area contributed by atoms with Gasteiger partial charge in [0.1, 0.15) is 0 Å². The van der Waals surface area contributed by atoms with E-state index in [9.17, 15) is 4.57 Å². The van der Waals surface area contributed by atoms with Crippen LogP contribution in [0.5, 0.6) is 0 Å². The van der Waals surface area contributed by atoms with Gasteiger partial charge in [-0.25, -0.2) is 0 Å². The largest absolute Gasteiger partial charge is 0.327 e. The zero-order chi connectivity index (χ0) is 11.3. The molecule has 0 aliphatic heterocycles. The van der Waals surface area contributed by atoms with Crippen molar-refractivity contribution in [3.8, 4) is 0 Å². The Morgan fingerprint density at radius 1 is 1.23 bits per heavy atom. The van der Waals surface area contributed by atoms with Crippen molar-refractivity contribution in [3.05, 3.63) is 25.3 Å². The minimum absolute atomic E-state index is 0.583. The van der Waals surface area contributed by atoms with Gasteiger partial charge in [-0.05, 0) is 0 Å². The van der Waals surface area contributed by atoms with Crippen LogP contribution in [0.15, 0.2) is 25.3 Å². The Labute approximate surface area is 79.3 Å². The molecule has 0 heterocycles. The van der Waals surface area contributed by atoms with Crippen LogP contribution in [0.1, 0.15) is 0 Å². The monoisotopic (exact) mass is 210 g/mol. The lowest BCUT2D eigenvalue weighted by Crippen LogP contribution is -1.90. The van der Waals surface area contributed by atoms with Crippen molar-refractivity contribution >= 4 is 7.60 Å². The van der Waals surface area contributed by atoms with Crippen molar-refractivity contribution in [1.29, 1.82) is 0 Å². The van der Waals surface area contributed by atoms with E-state index in [0.717, 1.165) is 6.66 Å². The molecule has 0 atom stereocenters. The Hall–Kier alpha value is -0.450. The topological polar surface area (TPSA) is 110 Å². The highest BCUT2D eigenvalue weighted by atomic mass is 31.2. The number of rotatable bonds is 2. The summed E-state index contributed by atoms with van der Waals surface area (Å²) in [5.74, 6) is 0. The Morgan fingerprint density at radius 3 is 1.31 bits per heavy atom. The SMILES string of the molecule is C=CCN.C=CCN.CP(=O)(O)O. The Balaban J connectivity index is -0.000000117. The molecule has 0 unspecified atom stereocenters. The number of nitrogens with two attached hydrogens (primary N) is 2. The van der Waals surface area contributed by atoms with Crippen molar-refractivity contribution in [2.45, 2.75) is 0 Å². The standard InChI is InChI=1S/2C3H7N.CH5O3P/c2*1-2-3-4;1-5(2,3)4/h2*2H,1,3-4H2;1H3,(H2,2,3,4). The summed E-state index contributed by atoms with van der Waals surface area (Å²) in [6, 6.07) is 0. The normalized spacial score (nSPS) is 8.38. The van der Waals surface area contributed by atoms with E-state index >= 15 is 0 Å². The van der Waals surface area contributed by atoms with Gasteiger partial charge in [-0.2, -0.15) is 0 Å². The maximum Gasteiger partial charge on any atom is 0.322 e. The van der Waals surface area contributed by atoms with E-state index < -0.39 is 7.60 Å². The molecule has 0 saturated heterocycles. The molecule has 0 aliphatic rings. The maximum atomic E-state index is 9.33. The van der Waals surface area contributed by atoms with Crippen LogP contribution >= 0.6 is 7.60 Å². The van der Waals surface area contributed by atoms with Crippen LogP contribution in [0.2, 0.25) is 0 Å². The van der Waals surface area contributed by atoms with Gasteiger partial charge in [-0.3, -0.25) is 4.57 Å². The minimum atomic E-state index is -3.64. The molecule has 0 spiro atoms. The van der Waals surface area contributed by atoms with E-state index in [1.165, 1.54) is 0 Å². The average Bonchev–Trinajstić information content (AvgIpc) is 2.01. The minimum Gasteiger partial charge on any atom is -0.327 e. The van der Waals surface area contributed by atoms with Crippen LogP contribution < -0.4 is 11.5 Å². The van der Waals surface area contributed by atoms with Gasteiger partial charge >= 0.3 is 7.60 Å². The fourth-order valence-corrected chi connectivity index (χ4v) is 0. The van der Waals surface area contributed by atoms with E-state index in [-0.39, 0.29) is 0 Å². The summed E-state index contributed by atoms with van der Waals surface area (Å²) in [6.45, 7) is 8.73. The molecule has 0 rings (SSSR count). The summed E-state index contributed by atoms with van der Waals surface area (Å²) >= 11 is 0. The van der Waals surface area contributed by atoms with Crippen LogP contribution in [0.4, 0.5) is 0 Å². The molecule has 0 aromatic rings. The van der Waals surface area contributed by atoms with Crippen LogP contribution in [0.25, 0.3) is 0 Å². The summed E-state index contributed by atoms with van der Waals surface area (Å²) in [5, 5.41) is 0. The molecule has 0 fully saturated rings. The van der Waals surface area contributed by atoms with Crippen molar-refractivity contribution in [2.75, 3.05) is 19.8 Å². The molecule has 0 radical (unpaired) electrons. The van der Waals surface area contributed by atoms with Gasteiger partial charge in [0, 0.05) is 19.8 Å². The molecule has 5 nitrogen and oxygen atoms in total. The van der Waals surface area contributed by atoms with Crippen molar-refractivity contribution in [3.63, 3.8) is 0 Å². The highest BCUT2D eigenvalue weighted by Gasteiger charge is 1.95. The van der Waals surface area contributed by atoms with Gasteiger partial charge in [-0.15, -0.1) is 13.2 Å². The first-order chi connectivity index (χ1) is 5.83. The first kappa shape index (κ1) is 18.4. The van der Waals surface area contributed by atoms with Gasteiger partial charge in [0.25, 0.3) is 0 Å². The zero-order valence-corrected chi connectivity index (χ0v) is 8.78. The molecule has 0 saturated carbocycles.